The second-order valence-electron chi connectivity index (χ2n) is 7.28. The van der Waals surface area contributed by atoms with Crippen molar-refractivity contribution in [1.82, 2.24) is 9.97 Å². The quantitative estimate of drug-likeness (QED) is 0.308. The van der Waals surface area contributed by atoms with Gasteiger partial charge in [-0.05, 0) is 42.5 Å². The number of para-hydroxylation sites is 1. The summed E-state index contributed by atoms with van der Waals surface area (Å²) in [5.74, 6) is -0.435. The van der Waals surface area contributed by atoms with Gasteiger partial charge in [-0.2, -0.15) is 0 Å². The van der Waals surface area contributed by atoms with E-state index < -0.39 is 15.8 Å². The number of hydrogen-bond acceptors (Lipinski definition) is 6. The average molecular weight is 473 g/mol. The van der Waals surface area contributed by atoms with Gasteiger partial charge in [0.05, 0.1) is 21.7 Å². The van der Waals surface area contributed by atoms with Gasteiger partial charge in [0.2, 0.25) is 0 Å². The first-order valence-electron chi connectivity index (χ1n) is 10.1. The number of benzene rings is 3. The first kappa shape index (κ1) is 21.5. The van der Waals surface area contributed by atoms with Crippen molar-refractivity contribution < 1.29 is 22.0 Å². The molecule has 0 amide bonds. The molecule has 34 heavy (non-hydrogen) atoms. The minimum Gasteiger partial charge on any atom is -0.453 e. The largest absolute Gasteiger partial charge is 0.453 e. The third-order valence-corrected chi connectivity index (χ3v) is 6.91. The van der Waals surface area contributed by atoms with Crippen molar-refractivity contribution >= 4 is 38.7 Å². The SMILES string of the molecule is O=Cc1ccc(-c2cc3c(N(c4ccccc4)S(=O)(=O)c4ccccc4)ncnc3cc2F)o1. The van der Waals surface area contributed by atoms with Crippen LogP contribution in [0, 0.1) is 5.82 Å². The number of carbonyl (C=O) groups is 1. The van der Waals surface area contributed by atoms with Gasteiger partial charge in [-0.15, -0.1) is 0 Å². The Balaban J connectivity index is 1.79. The zero-order valence-corrected chi connectivity index (χ0v) is 18.3. The molecule has 168 valence electrons. The van der Waals surface area contributed by atoms with E-state index in [-0.39, 0.29) is 38.7 Å². The lowest BCUT2D eigenvalue weighted by molar-refractivity contribution is 0.110. The highest BCUT2D eigenvalue weighted by Gasteiger charge is 2.30. The van der Waals surface area contributed by atoms with Crippen molar-refractivity contribution in [2.45, 2.75) is 4.90 Å². The molecule has 0 unspecified atom stereocenters. The summed E-state index contributed by atoms with van der Waals surface area (Å²) in [6, 6.07) is 21.9. The van der Waals surface area contributed by atoms with Crippen LogP contribution in [0.25, 0.3) is 22.2 Å². The fourth-order valence-corrected chi connectivity index (χ4v) is 5.10. The molecular weight excluding hydrogens is 457 g/mol. The average Bonchev–Trinajstić information content (AvgIpc) is 3.34. The number of rotatable bonds is 6. The second-order valence-corrected chi connectivity index (χ2v) is 9.07. The molecule has 0 radical (unpaired) electrons. The van der Waals surface area contributed by atoms with Crippen LogP contribution in [0.5, 0.6) is 0 Å². The predicted octanol–water partition coefficient (Wildman–Crippen LogP) is 5.37. The van der Waals surface area contributed by atoms with Gasteiger partial charge in [-0.3, -0.25) is 4.79 Å². The first-order valence-corrected chi connectivity index (χ1v) is 11.6. The van der Waals surface area contributed by atoms with E-state index in [4.69, 9.17) is 4.42 Å². The summed E-state index contributed by atoms with van der Waals surface area (Å²) in [5, 5.41) is 0.284. The van der Waals surface area contributed by atoms with Gasteiger partial charge in [0.25, 0.3) is 10.0 Å². The summed E-state index contributed by atoms with van der Waals surface area (Å²) < 4.78 is 49.0. The van der Waals surface area contributed by atoms with Crippen molar-refractivity contribution in [1.29, 1.82) is 0 Å². The van der Waals surface area contributed by atoms with Gasteiger partial charge in [0, 0.05) is 11.5 Å². The summed E-state index contributed by atoms with van der Waals surface area (Å²) in [5.41, 5.74) is 0.595. The third-order valence-electron chi connectivity index (χ3n) is 5.18. The molecule has 5 rings (SSSR count). The smallest absolute Gasteiger partial charge is 0.269 e. The van der Waals surface area contributed by atoms with Crippen LogP contribution in [0.4, 0.5) is 15.9 Å². The van der Waals surface area contributed by atoms with E-state index in [1.807, 2.05) is 0 Å². The van der Waals surface area contributed by atoms with Crippen LogP contribution < -0.4 is 4.31 Å². The van der Waals surface area contributed by atoms with Crippen LogP contribution in [-0.4, -0.2) is 24.7 Å². The number of sulfonamides is 1. The van der Waals surface area contributed by atoms with E-state index in [0.717, 1.165) is 4.31 Å². The number of aromatic nitrogens is 2. The molecule has 7 nitrogen and oxygen atoms in total. The minimum atomic E-state index is -4.11. The highest BCUT2D eigenvalue weighted by molar-refractivity contribution is 7.93. The van der Waals surface area contributed by atoms with Crippen molar-refractivity contribution in [3.63, 3.8) is 0 Å². The van der Waals surface area contributed by atoms with Crippen LogP contribution in [0.3, 0.4) is 0 Å². The van der Waals surface area contributed by atoms with E-state index in [2.05, 4.69) is 9.97 Å². The number of nitrogens with zero attached hydrogens (tertiary/aromatic N) is 3. The highest BCUT2D eigenvalue weighted by Crippen LogP contribution is 2.37. The third kappa shape index (κ3) is 3.71. The van der Waals surface area contributed by atoms with Crippen molar-refractivity contribution in [3.8, 4) is 11.3 Å². The number of aldehydes is 1. The summed E-state index contributed by atoms with van der Waals surface area (Å²) in [6.07, 6.45) is 1.70. The molecule has 9 heteroatoms. The zero-order chi connectivity index (χ0) is 23.7. The lowest BCUT2D eigenvalue weighted by atomic mass is 10.1. The maximum absolute atomic E-state index is 14.9. The lowest BCUT2D eigenvalue weighted by Crippen LogP contribution is -2.27. The Hall–Kier alpha value is -4.37. The molecule has 0 fully saturated rings. The summed E-state index contributed by atoms with van der Waals surface area (Å²) >= 11 is 0. The Morgan fingerprint density at radius 3 is 2.26 bits per heavy atom. The molecule has 2 heterocycles. The van der Waals surface area contributed by atoms with Gasteiger partial charge in [-0.25, -0.2) is 27.1 Å². The molecule has 0 aliphatic carbocycles. The molecule has 2 aromatic heterocycles. The zero-order valence-electron chi connectivity index (χ0n) is 17.5. The van der Waals surface area contributed by atoms with E-state index in [1.165, 1.54) is 42.7 Å². The van der Waals surface area contributed by atoms with Gasteiger partial charge >= 0.3 is 0 Å². The van der Waals surface area contributed by atoms with E-state index in [1.54, 1.807) is 48.5 Å². The molecular formula is C25H16FN3O4S. The first-order chi connectivity index (χ1) is 16.5. The molecule has 5 aromatic rings. The van der Waals surface area contributed by atoms with Crippen LogP contribution >= 0.6 is 0 Å². The fraction of sp³-hybridized carbons (Fsp3) is 0. The van der Waals surface area contributed by atoms with Crippen LogP contribution in [0.2, 0.25) is 0 Å². The van der Waals surface area contributed by atoms with Crippen LogP contribution in [0.1, 0.15) is 10.6 Å². The summed E-state index contributed by atoms with van der Waals surface area (Å²) in [6.45, 7) is 0. The van der Waals surface area contributed by atoms with Crippen molar-refractivity contribution in [3.05, 3.63) is 103 Å². The van der Waals surface area contributed by atoms with E-state index in [9.17, 15) is 17.6 Å². The number of anilines is 2. The molecule has 0 bridgehead atoms. The molecule has 0 atom stereocenters. The lowest BCUT2D eigenvalue weighted by Gasteiger charge is -2.24. The molecule has 0 saturated carbocycles. The topological polar surface area (TPSA) is 93.4 Å². The highest BCUT2D eigenvalue weighted by atomic mass is 32.2. The number of hydrogen-bond donors (Lipinski definition) is 0. The molecule has 0 N–H and O–H groups in total. The fourth-order valence-electron chi connectivity index (χ4n) is 3.61. The number of fused-ring (bicyclic) bond motifs is 1. The van der Waals surface area contributed by atoms with Gasteiger partial charge < -0.3 is 4.42 Å². The van der Waals surface area contributed by atoms with Gasteiger partial charge in [0.1, 0.15) is 17.9 Å². The Morgan fingerprint density at radius 1 is 0.882 bits per heavy atom. The monoisotopic (exact) mass is 473 g/mol. The summed E-state index contributed by atoms with van der Waals surface area (Å²) in [7, 11) is -4.11. The maximum atomic E-state index is 14.9. The number of furan rings is 1. The van der Waals surface area contributed by atoms with Crippen molar-refractivity contribution in [2.24, 2.45) is 0 Å². The van der Waals surface area contributed by atoms with Gasteiger partial charge in [-0.1, -0.05) is 36.4 Å². The minimum absolute atomic E-state index is 0.0385. The maximum Gasteiger partial charge on any atom is 0.269 e. The normalized spacial score (nSPS) is 11.4. The Morgan fingerprint density at radius 2 is 1.59 bits per heavy atom. The van der Waals surface area contributed by atoms with Gasteiger partial charge in [0.15, 0.2) is 17.9 Å². The number of carbonyl (C=O) groups excluding carboxylic acids is 1. The standard InChI is InChI=1S/C25H16FN3O4S/c26-22-14-23-21(13-20(22)24-12-11-18(15-30)33-24)25(28-16-27-23)29(17-7-3-1-4-8-17)34(31,32)19-9-5-2-6-10-19/h1-16H. The van der Waals surface area contributed by atoms with Crippen LogP contribution in [-0.2, 0) is 10.0 Å². The second kappa shape index (κ2) is 8.53. The molecule has 0 aliphatic heterocycles. The van der Waals surface area contributed by atoms with Crippen LogP contribution in [0.15, 0.2) is 101 Å². The predicted molar refractivity (Wildman–Crippen MR) is 125 cm³/mol. The summed E-state index contributed by atoms with van der Waals surface area (Å²) in [4.78, 5) is 19.5. The van der Waals surface area contributed by atoms with Crippen molar-refractivity contribution in [2.75, 3.05) is 4.31 Å². The molecule has 0 aliphatic rings. The molecule has 0 spiro atoms. The van der Waals surface area contributed by atoms with E-state index in [0.29, 0.717) is 12.0 Å². The molecule has 3 aromatic carbocycles. The molecule has 0 saturated heterocycles. The Kier molecular flexibility index (Phi) is 5.39. The Bertz CT molecular complexity index is 1600. The Labute approximate surface area is 194 Å². The number of halogens is 1. The van der Waals surface area contributed by atoms with E-state index >= 15 is 0 Å².